The van der Waals surface area contributed by atoms with E-state index < -0.39 is 0 Å². The molecule has 0 saturated carbocycles. The highest BCUT2D eigenvalue weighted by molar-refractivity contribution is 6.31. The van der Waals surface area contributed by atoms with E-state index in [9.17, 15) is 4.79 Å². The first-order valence-corrected chi connectivity index (χ1v) is 9.65. The fourth-order valence-electron chi connectivity index (χ4n) is 2.85. The average molecular weight is 423 g/mol. The third-order valence-electron chi connectivity index (χ3n) is 4.51. The number of aliphatic imine (C=N–C) groups is 1. The van der Waals surface area contributed by atoms with Gasteiger partial charge in [-0.2, -0.15) is 0 Å². The molecule has 7 nitrogen and oxygen atoms in total. The summed E-state index contributed by atoms with van der Waals surface area (Å²) in [5, 5.41) is 6.60. The second kappa shape index (κ2) is 8.84. The molecule has 0 saturated heterocycles. The third kappa shape index (κ3) is 4.52. The van der Waals surface area contributed by atoms with Crippen LogP contribution in [0.5, 0.6) is 11.5 Å². The molecule has 0 fully saturated rings. The van der Waals surface area contributed by atoms with Crippen molar-refractivity contribution in [1.29, 1.82) is 0 Å². The highest BCUT2D eigenvalue weighted by Crippen LogP contribution is 2.32. The van der Waals surface area contributed by atoms with Gasteiger partial charge in [0.05, 0.1) is 12.2 Å². The van der Waals surface area contributed by atoms with Crippen molar-refractivity contribution in [2.45, 2.75) is 13.5 Å². The molecule has 0 radical (unpaired) electrons. The minimum Gasteiger partial charge on any atom is -0.454 e. The van der Waals surface area contributed by atoms with Crippen LogP contribution >= 0.6 is 11.6 Å². The lowest BCUT2D eigenvalue weighted by atomic mass is 10.2. The van der Waals surface area contributed by atoms with Crippen LogP contribution in [0.15, 0.2) is 65.8 Å². The molecule has 0 unspecified atom stereocenters. The van der Waals surface area contributed by atoms with E-state index in [-0.39, 0.29) is 18.7 Å². The van der Waals surface area contributed by atoms with E-state index in [1.807, 2.05) is 37.3 Å². The Bertz CT molecular complexity index is 1100. The molecule has 4 rings (SSSR count). The van der Waals surface area contributed by atoms with Crippen LogP contribution in [0.2, 0.25) is 5.02 Å². The van der Waals surface area contributed by atoms with Crippen LogP contribution in [-0.4, -0.2) is 23.6 Å². The Morgan fingerprint density at radius 2 is 2.00 bits per heavy atom. The number of hydrogen-bond acceptors (Lipinski definition) is 5. The van der Waals surface area contributed by atoms with Crippen molar-refractivity contribution in [2.24, 2.45) is 4.99 Å². The molecular weight excluding hydrogens is 404 g/mol. The van der Waals surface area contributed by atoms with E-state index >= 15 is 0 Å². The molecule has 1 aromatic heterocycles. The molecule has 0 atom stereocenters. The topological polar surface area (TPSA) is 84.8 Å². The quantitative estimate of drug-likeness (QED) is 0.487. The van der Waals surface area contributed by atoms with E-state index in [2.05, 4.69) is 20.6 Å². The number of nitrogens with zero attached hydrogens (tertiary/aromatic N) is 2. The Hall–Kier alpha value is -3.58. The Morgan fingerprint density at radius 3 is 2.83 bits per heavy atom. The number of amides is 1. The van der Waals surface area contributed by atoms with Crippen LogP contribution in [-0.2, 0) is 6.54 Å². The van der Waals surface area contributed by atoms with E-state index in [1.165, 1.54) is 0 Å². The highest BCUT2D eigenvalue weighted by atomic mass is 35.5. The van der Waals surface area contributed by atoms with Crippen molar-refractivity contribution in [2.75, 3.05) is 12.1 Å². The fourth-order valence-corrected chi connectivity index (χ4v) is 3.02. The van der Waals surface area contributed by atoms with Gasteiger partial charge < -0.3 is 14.8 Å². The number of benzene rings is 2. The van der Waals surface area contributed by atoms with Gasteiger partial charge in [0.1, 0.15) is 0 Å². The number of rotatable bonds is 4. The van der Waals surface area contributed by atoms with Crippen molar-refractivity contribution in [1.82, 2.24) is 10.3 Å². The maximum absolute atomic E-state index is 12.8. The molecule has 0 aliphatic carbocycles. The number of hydrogen-bond donors (Lipinski definition) is 2. The fraction of sp³-hybridized carbons (Fsp3) is 0.136. The van der Waals surface area contributed by atoms with E-state index in [4.69, 9.17) is 21.1 Å². The standard InChI is InChI=1S/C22H19ClN4O3/c1-14-17(23)6-4-7-18(14)26-22(25-12-16-5-2-3-10-24-16)27-21(28)15-8-9-19-20(11-15)30-13-29-19/h2-11H,12-13H2,1H3,(H2,25,26,27,28). The molecule has 2 heterocycles. The third-order valence-corrected chi connectivity index (χ3v) is 4.92. The predicted octanol–water partition coefficient (Wildman–Crippen LogP) is 4.17. The molecule has 0 spiro atoms. The lowest BCUT2D eigenvalue weighted by molar-refractivity contribution is 0.0976. The number of aromatic nitrogens is 1. The zero-order valence-corrected chi connectivity index (χ0v) is 16.9. The normalized spacial score (nSPS) is 12.5. The molecule has 1 aliphatic heterocycles. The SMILES string of the molecule is Cc1c(Cl)cccc1NC(=NCc1ccccn1)NC(=O)c1ccc2c(c1)OCO2. The molecule has 30 heavy (non-hydrogen) atoms. The summed E-state index contributed by atoms with van der Waals surface area (Å²) in [6.07, 6.45) is 1.70. The first-order chi connectivity index (χ1) is 14.6. The van der Waals surface area contributed by atoms with Crippen molar-refractivity contribution in [3.05, 3.63) is 82.6 Å². The molecule has 1 aliphatic rings. The number of guanidine groups is 1. The lowest BCUT2D eigenvalue weighted by Gasteiger charge is -2.14. The summed E-state index contributed by atoms with van der Waals surface area (Å²) < 4.78 is 10.6. The Labute approximate surface area is 178 Å². The smallest absolute Gasteiger partial charge is 0.258 e. The van der Waals surface area contributed by atoms with E-state index in [1.54, 1.807) is 30.5 Å². The molecule has 2 aromatic carbocycles. The summed E-state index contributed by atoms with van der Waals surface area (Å²) in [6, 6.07) is 16.1. The molecule has 2 N–H and O–H groups in total. The second-order valence-corrected chi connectivity index (χ2v) is 6.95. The molecule has 1 amide bonds. The minimum atomic E-state index is -0.333. The average Bonchev–Trinajstić information content (AvgIpc) is 3.24. The van der Waals surface area contributed by atoms with Gasteiger partial charge in [0.2, 0.25) is 12.8 Å². The molecule has 3 aromatic rings. The van der Waals surface area contributed by atoms with Crippen molar-refractivity contribution >= 4 is 29.2 Å². The van der Waals surface area contributed by atoms with E-state index in [0.29, 0.717) is 28.6 Å². The number of carbonyl (C=O) groups is 1. The zero-order chi connectivity index (χ0) is 20.9. The van der Waals surface area contributed by atoms with E-state index in [0.717, 1.165) is 16.9 Å². The van der Waals surface area contributed by atoms with Gasteiger partial charge in [0.25, 0.3) is 5.91 Å². The van der Waals surface area contributed by atoms with Crippen molar-refractivity contribution in [3.8, 4) is 11.5 Å². The minimum absolute atomic E-state index is 0.146. The summed E-state index contributed by atoms with van der Waals surface area (Å²) in [6.45, 7) is 2.33. The number of fused-ring (bicyclic) bond motifs is 1. The summed E-state index contributed by atoms with van der Waals surface area (Å²) >= 11 is 6.22. The van der Waals surface area contributed by atoms with Crippen LogP contribution in [0.1, 0.15) is 21.6 Å². The Morgan fingerprint density at radius 1 is 1.13 bits per heavy atom. The molecule has 0 bridgehead atoms. The first-order valence-electron chi connectivity index (χ1n) is 9.27. The largest absolute Gasteiger partial charge is 0.454 e. The van der Waals surface area contributed by atoms with Gasteiger partial charge in [0, 0.05) is 22.5 Å². The molecular formula is C22H19ClN4O3. The zero-order valence-electron chi connectivity index (χ0n) is 16.2. The number of anilines is 1. The predicted molar refractivity (Wildman–Crippen MR) is 115 cm³/mol. The van der Waals surface area contributed by atoms with Gasteiger partial charge >= 0.3 is 0 Å². The molecule has 152 valence electrons. The number of ether oxygens (including phenoxy) is 2. The highest BCUT2D eigenvalue weighted by Gasteiger charge is 2.17. The number of halogens is 1. The van der Waals surface area contributed by atoms with Gasteiger partial charge in [-0.25, -0.2) is 4.99 Å². The number of nitrogens with one attached hydrogen (secondary N) is 2. The summed E-state index contributed by atoms with van der Waals surface area (Å²) in [5.74, 6) is 1.10. The van der Waals surface area contributed by atoms with Gasteiger partial charge in [-0.3, -0.25) is 15.1 Å². The van der Waals surface area contributed by atoms with Gasteiger partial charge in [0.15, 0.2) is 11.5 Å². The van der Waals surface area contributed by atoms with Gasteiger partial charge in [-0.15, -0.1) is 0 Å². The Balaban J connectivity index is 1.57. The maximum Gasteiger partial charge on any atom is 0.258 e. The van der Waals surface area contributed by atoms with Crippen molar-refractivity contribution < 1.29 is 14.3 Å². The van der Waals surface area contributed by atoms with Crippen LogP contribution in [0.4, 0.5) is 5.69 Å². The number of carbonyl (C=O) groups excluding carboxylic acids is 1. The van der Waals surface area contributed by atoms with Crippen LogP contribution < -0.4 is 20.1 Å². The summed E-state index contributed by atoms with van der Waals surface area (Å²) in [7, 11) is 0. The molecule has 8 heteroatoms. The van der Waals surface area contributed by atoms with Gasteiger partial charge in [-0.05, 0) is 55.0 Å². The summed E-state index contributed by atoms with van der Waals surface area (Å²) in [5.41, 5.74) is 2.79. The second-order valence-electron chi connectivity index (χ2n) is 6.55. The number of pyridine rings is 1. The first kappa shape index (κ1) is 19.7. The monoisotopic (exact) mass is 422 g/mol. The van der Waals surface area contributed by atoms with Crippen LogP contribution in [0.3, 0.4) is 0 Å². The maximum atomic E-state index is 12.8. The Kier molecular flexibility index (Phi) is 5.81. The summed E-state index contributed by atoms with van der Waals surface area (Å²) in [4.78, 5) is 21.6. The van der Waals surface area contributed by atoms with Crippen LogP contribution in [0, 0.1) is 6.92 Å². The van der Waals surface area contributed by atoms with Crippen molar-refractivity contribution in [3.63, 3.8) is 0 Å². The van der Waals surface area contributed by atoms with Crippen LogP contribution in [0.25, 0.3) is 0 Å². The lowest BCUT2D eigenvalue weighted by Crippen LogP contribution is -2.36. The van der Waals surface area contributed by atoms with Gasteiger partial charge in [-0.1, -0.05) is 23.7 Å².